The molecular weight excluding hydrogens is 416 g/mol. The number of ketones is 1. The lowest BCUT2D eigenvalue weighted by Crippen LogP contribution is -2.23. The van der Waals surface area contributed by atoms with Crippen LogP contribution >= 0.6 is 12.2 Å². The van der Waals surface area contributed by atoms with Crippen molar-refractivity contribution in [3.8, 4) is 0 Å². The lowest BCUT2D eigenvalue weighted by Gasteiger charge is -2.23. The van der Waals surface area contributed by atoms with Crippen LogP contribution in [0.3, 0.4) is 0 Å². The smallest absolute Gasteiger partial charge is 0.173 e. The van der Waals surface area contributed by atoms with Crippen LogP contribution in [0.4, 0.5) is 0 Å². The molecule has 1 atom stereocenters. The van der Waals surface area contributed by atoms with E-state index in [1.807, 2.05) is 26.8 Å². The van der Waals surface area contributed by atoms with Crippen molar-refractivity contribution in [2.75, 3.05) is 27.9 Å². The molecule has 0 aliphatic carbocycles. The zero-order chi connectivity index (χ0) is 23.4. The molecular formula is C24H32O6S. The normalized spacial score (nSPS) is 16.6. The van der Waals surface area contributed by atoms with Gasteiger partial charge in [-0.25, -0.2) is 0 Å². The molecule has 0 radical (unpaired) electrons. The zero-order valence-electron chi connectivity index (χ0n) is 19.3. The van der Waals surface area contributed by atoms with Crippen molar-refractivity contribution in [1.82, 2.24) is 0 Å². The number of Topliss-reactive ketones (excluding diaryl/α,β-unsaturated/α-hetero) is 1. The number of carbonyl (C=O) groups excluding carboxylic acids is 1. The van der Waals surface area contributed by atoms with Gasteiger partial charge in [0.1, 0.15) is 23.9 Å². The van der Waals surface area contributed by atoms with Crippen molar-refractivity contribution < 1.29 is 28.5 Å². The highest BCUT2D eigenvalue weighted by atomic mass is 32.1. The Morgan fingerprint density at radius 2 is 1.77 bits per heavy atom. The van der Waals surface area contributed by atoms with Crippen molar-refractivity contribution in [2.24, 2.45) is 5.92 Å². The second-order valence-corrected chi connectivity index (χ2v) is 7.02. The van der Waals surface area contributed by atoms with Crippen LogP contribution in [-0.2, 0) is 28.5 Å². The molecule has 1 heterocycles. The Morgan fingerprint density at radius 1 is 1.13 bits per heavy atom. The fourth-order valence-electron chi connectivity index (χ4n) is 3.00. The van der Waals surface area contributed by atoms with Gasteiger partial charge in [-0.3, -0.25) is 4.79 Å². The summed E-state index contributed by atoms with van der Waals surface area (Å²) in [6.07, 6.45) is 9.80. The van der Waals surface area contributed by atoms with Gasteiger partial charge in [-0.05, 0) is 45.9 Å². The summed E-state index contributed by atoms with van der Waals surface area (Å²) in [5.74, 6) is 0.747. The molecule has 0 saturated heterocycles. The topological polar surface area (TPSA) is 63.2 Å². The van der Waals surface area contributed by atoms with Gasteiger partial charge in [0.25, 0.3) is 0 Å². The van der Waals surface area contributed by atoms with Crippen LogP contribution < -0.4 is 0 Å². The maximum Gasteiger partial charge on any atom is 0.173 e. The van der Waals surface area contributed by atoms with E-state index in [1.165, 1.54) is 39.2 Å². The van der Waals surface area contributed by atoms with Crippen molar-refractivity contribution in [3.05, 3.63) is 70.8 Å². The van der Waals surface area contributed by atoms with Crippen LogP contribution in [0.5, 0.6) is 0 Å². The Bertz CT molecular complexity index is 827. The second-order valence-electron chi connectivity index (χ2n) is 6.79. The average molecular weight is 449 g/mol. The summed E-state index contributed by atoms with van der Waals surface area (Å²) >= 11 is 5.23. The van der Waals surface area contributed by atoms with E-state index in [2.05, 4.69) is 0 Å². The van der Waals surface area contributed by atoms with E-state index in [1.54, 1.807) is 25.2 Å². The largest absolute Gasteiger partial charge is 0.504 e. The average Bonchev–Trinajstić information content (AvgIpc) is 2.77. The van der Waals surface area contributed by atoms with E-state index in [9.17, 15) is 4.79 Å². The van der Waals surface area contributed by atoms with Crippen LogP contribution in [0.25, 0.3) is 0 Å². The number of carbonyl (C=O) groups is 1. The van der Waals surface area contributed by atoms with Gasteiger partial charge in [-0.2, -0.15) is 0 Å². The van der Waals surface area contributed by atoms with E-state index in [0.29, 0.717) is 34.0 Å². The molecule has 0 aromatic carbocycles. The van der Waals surface area contributed by atoms with Gasteiger partial charge in [0.15, 0.2) is 5.78 Å². The molecule has 1 aliphatic rings. The van der Waals surface area contributed by atoms with Crippen molar-refractivity contribution in [3.63, 3.8) is 0 Å². The number of hydrogen-bond acceptors (Lipinski definition) is 7. The molecule has 0 aromatic rings. The lowest BCUT2D eigenvalue weighted by atomic mass is 9.89. The minimum atomic E-state index is -0.618. The van der Waals surface area contributed by atoms with Gasteiger partial charge in [-0.15, -0.1) is 0 Å². The van der Waals surface area contributed by atoms with Crippen LogP contribution in [0.1, 0.15) is 27.7 Å². The van der Waals surface area contributed by atoms with Crippen molar-refractivity contribution in [2.45, 2.75) is 33.8 Å². The second kappa shape index (κ2) is 13.5. The number of ether oxygens (including phenoxy) is 5. The first-order valence-electron chi connectivity index (χ1n) is 9.93. The highest BCUT2D eigenvalue weighted by Crippen LogP contribution is 2.31. The summed E-state index contributed by atoms with van der Waals surface area (Å²) in [6.45, 7) is 7.73. The first-order chi connectivity index (χ1) is 14.9. The van der Waals surface area contributed by atoms with E-state index < -0.39 is 5.92 Å². The lowest BCUT2D eigenvalue weighted by molar-refractivity contribution is -0.118. The third-order valence-electron chi connectivity index (χ3n) is 4.35. The van der Waals surface area contributed by atoms with E-state index in [-0.39, 0.29) is 18.5 Å². The highest BCUT2D eigenvalue weighted by Gasteiger charge is 2.29. The molecule has 0 fully saturated rings. The number of thiocarbonyl (C=S) groups is 1. The number of hydrogen-bond donors (Lipinski definition) is 0. The summed E-state index contributed by atoms with van der Waals surface area (Å²) < 4.78 is 27.2. The maximum atomic E-state index is 13.5. The predicted molar refractivity (Wildman–Crippen MR) is 125 cm³/mol. The SMILES string of the molecule is C/C=C(OC(C)C)\C(C=S)=C(\OC)C(C)C(=O)C1=CCOC(/C=C/OC)=C1/C=C/OC. The summed E-state index contributed by atoms with van der Waals surface area (Å²) in [7, 11) is 4.59. The van der Waals surface area contributed by atoms with E-state index in [4.69, 9.17) is 35.9 Å². The van der Waals surface area contributed by atoms with Crippen LogP contribution in [0, 0.1) is 5.92 Å². The molecule has 0 saturated carbocycles. The van der Waals surface area contributed by atoms with Crippen molar-refractivity contribution >= 4 is 23.4 Å². The first-order valence-corrected chi connectivity index (χ1v) is 10.4. The first kappa shape index (κ1) is 26.2. The molecule has 0 spiro atoms. The molecule has 0 N–H and O–H groups in total. The molecule has 31 heavy (non-hydrogen) atoms. The monoisotopic (exact) mass is 448 g/mol. The van der Waals surface area contributed by atoms with Crippen LogP contribution in [0.15, 0.2) is 70.8 Å². The minimum Gasteiger partial charge on any atom is -0.504 e. The third kappa shape index (κ3) is 7.14. The molecule has 0 bridgehead atoms. The Balaban J connectivity index is 3.47. The van der Waals surface area contributed by atoms with Gasteiger partial charge in [-0.1, -0.05) is 12.2 Å². The fourth-order valence-corrected chi connectivity index (χ4v) is 3.23. The Hall–Kier alpha value is -2.80. The molecule has 170 valence electrons. The summed E-state index contributed by atoms with van der Waals surface area (Å²) in [5.41, 5.74) is 1.65. The summed E-state index contributed by atoms with van der Waals surface area (Å²) in [6, 6.07) is 0. The third-order valence-corrected chi connectivity index (χ3v) is 4.59. The quantitative estimate of drug-likeness (QED) is 0.181. The highest BCUT2D eigenvalue weighted by molar-refractivity contribution is 7.79. The van der Waals surface area contributed by atoms with Gasteiger partial charge in [0.05, 0.1) is 51.4 Å². The molecule has 0 amide bonds. The minimum absolute atomic E-state index is 0.0534. The van der Waals surface area contributed by atoms with Gasteiger partial charge in [0.2, 0.25) is 0 Å². The molecule has 7 heteroatoms. The molecule has 1 rings (SSSR count). The molecule has 0 aromatic heterocycles. The molecule has 6 nitrogen and oxygen atoms in total. The Morgan fingerprint density at radius 3 is 2.29 bits per heavy atom. The molecule has 1 aliphatic heterocycles. The van der Waals surface area contributed by atoms with Crippen LogP contribution in [0.2, 0.25) is 0 Å². The Kier molecular flexibility index (Phi) is 11.4. The van der Waals surface area contributed by atoms with Gasteiger partial charge < -0.3 is 23.7 Å². The van der Waals surface area contributed by atoms with Crippen molar-refractivity contribution in [1.29, 1.82) is 0 Å². The van der Waals surface area contributed by atoms with Gasteiger partial charge >= 0.3 is 0 Å². The number of rotatable bonds is 12. The van der Waals surface area contributed by atoms with E-state index in [0.717, 1.165) is 0 Å². The van der Waals surface area contributed by atoms with Gasteiger partial charge in [0, 0.05) is 22.6 Å². The summed E-state index contributed by atoms with van der Waals surface area (Å²) in [5, 5.41) is 1.48. The standard InChI is InChI=1S/C24H32O6S/c1-8-21(30-16(2)3)20(15-31)24(28-7)17(4)23(25)19-10-14-29-22(11-13-27-6)18(19)9-12-26-5/h8-13,15-17H,14H2,1-7H3/b12-9+,13-11+,21-8+,24-20+. The fraction of sp³-hybridized carbons (Fsp3) is 0.417. The summed E-state index contributed by atoms with van der Waals surface area (Å²) in [4.78, 5) is 13.5. The molecule has 1 unspecified atom stereocenters. The number of allylic oxidation sites excluding steroid dienone is 7. The maximum absolute atomic E-state index is 13.5. The Labute approximate surface area is 190 Å². The number of methoxy groups -OCH3 is 3. The van der Waals surface area contributed by atoms with E-state index >= 15 is 0 Å². The van der Waals surface area contributed by atoms with Crippen LogP contribution in [-0.4, -0.2) is 45.2 Å². The predicted octanol–water partition coefficient (Wildman–Crippen LogP) is 4.95. The zero-order valence-corrected chi connectivity index (χ0v) is 20.1.